The number of fused-ring (bicyclic) bond motifs is 2. The van der Waals surface area contributed by atoms with Crippen molar-refractivity contribution in [2.24, 2.45) is 0 Å². The van der Waals surface area contributed by atoms with Crippen LogP contribution in [0.3, 0.4) is 0 Å². The second-order valence-electron chi connectivity index (χ2n) is 13.8. The van der Waals surface area contributed by atoms with Gasteiger partial charge in [0.05, 0.1) is 11.4 Å². The summed E-state index contributed by atoms with van der Waals surface area (Å²) < 4.78 is 0. The third kappa shape index (κ3) is 6.37. The van der Waals surface area contributed by atoms with Crippen molar-refractivity contribution in [3.63, 3.8) is 0 Å². The van der Waals surface area contributed by atoms with Crippen LogP contribution in [-0.4, -0.2) is 24.9 Å². The van der Waals surface area contributed by atoms with Gasteiger partial charge in [0.1, 0.15) is 0 Å². The van der Waals surface area contributed by atoms with Crippen LogP contribution in [0.5, 0.6) is 0 Å². The second-order valence-corrected chi connectivity index (χ2v) is 13.8. The van der Waals surface area contributed by atoms with Crippen LogP contribution in [0.15, 0.2) is 200 Å². The molecule has 0 spiro atoms. The Balaban J connectivity index is 1.18. The molecule has 0 aliphatic rings. The topological polar surface area (TPSA) is 64.5 Å². The molecule has 0 saturated carbocycles. The fourth-order valence-electron chi connectivity index (χ4n) is 7.37. The van der Waals surface area contributed by atoms with E-state index >= 15 is 0 Å². The molecule has 3 aromatic heterocycles. The SMILES string of the molecule is c1ccc(-c2ccc(-c3cc(-c4ccc(-c5ccccc5)cn4)cc(-c4nc(-c5cccc6ccccc56)nc(-c5cccc6ccccc56)n4)c3)nc2)cc1. The molecule has 0 N–H and O–H groups in total. The Morgan fingerprint density at radius 1 is 0.268 bits per heavy atom. The lowest BCUT2D eigenvalue weighted by atomic mass is 9.98. The van der Waals surface area contributed by atoms with Crippen LogP contribution in [-0.2, 0) is 0 Å². The number of nitrogens with zero attached hydrogens (tertiary/aromatic N) is 5. The van der Waals surface area contributed by atoms with Crippen molar-refractivity contribution in [2.75, 3.05) is 0 Å². The van der Waals surface area contributed by atoms with E-state index in [0.29, 0.717) is 17.5 Å². The largest absolute Gasteiger partial charge is 0.256 e. The van der Waals surface area contributed by atoms with Gasteiger partial charge in [-0.1, -0.05) is 158 Å². The maximum absolute atomic E-state index is 5.24. The molecule has 0 aliphatic carbocycles. The molecule has 0 fully saturated rings. The van der Waals surface area contributed by atoms with Gasteiger partial charge in [-0.25, -0.2) is 15.0 Å². The van der Waals surface area contributed by atoms with Crippen LogP contribution in [0, 0.1) is 0 Å². The highest BCUT2D eigenvalue weighted by molar-refractivity contribution is 5.97. The van der Waals surface area contributed by atoms with Gasteiger partial charge < -0.3 is 0 Å². The van der Waals surface area contributed by atoms with Crippen molar-refractivity contribution >= 4 is 21.5 Å². The van der Waals surface area contributed by atoms with Crippen LogP contribution in [0.2, 0.25) is 0 Å². The summed E-state index contributed by atoms with van der Waals surface area (Å²) in [6, 6.07) is 64.7. The molecule has 3 heterocycles. The van der Waals surface area contributed by atoms with Crippen molar-refractivity contribution in [1.29, 1.82) is 0 Å². The Kier molecular flexibility index (Phi) is 8.43. The lowest BCUT2D eigenvalue weighted by Gasteiger charge is -2.14. The fraction of sp³-hybridized carbons (Fsp3) is 0. The second kappa shape index (κ2) is 14.3. The molecule has 0 amide bonds. The highest BCUT2D eigenvalue weighted by atomic mass is 15.0. The summed E-state index contributed by atoms with van der Waals surface area (Å²) >= 11 is 0. The molecule has 5 heteroatoms. The van der Waals surface area contributed by atoms with E-state index in [4.69, 9.17) is 24.9 Å². The van der Waals surface area contributed by atoms with Crippen molar-refractivity contribution in [2.45, 2.75) is 0 Å². The number of benzene rings is 7. The van der Waals surface area contributed by atoms with E-state index in [2.05, 4.69) is 152 Å². The first-order valence-electron chi connectivity index (χ1n) is 18.7. The highest BCUT2D eigenvalue weighted by Crippen LogP contribution is 2.36. The minimum absolute atomic E-state index is 0.566. The molecule has 0 unspecified atom stereocenters. The Morgan fingerprint density at radius 3 is 1.14 bits per heavy atom. The third-order valence-electron chi connectivity index (χ3n) is 10.2. The summed E-state index contributed by atoms with van der Waals surface area (Å²) in [5.41, 5.74) is 10.6. The lowest BCUT2D eigenvalue weighted by molar-refractivity contribution is 1.08. The summed E-state index contributed by atoms with van der Waals surface area (Å²) in [5, 5.41) is 4.41. The Bertz CT molecular complexity index is 2790. The van der Waals surface area contributed by atoms with Gasteiger partial charge in [-0.3, -0.25) is 9.97 Å². The maximum atomic E-state index is 5.24. The number of pyridine rings is 2. The predicted octanol–water partition coefficient (Wildman–Crippen LogP) is 12.6. The first kappa shape index (κ1) is 33.0. The molecule has 0 bridgehead atoms. The Labute approximate surface area is 324 Å². The summed E-state index contributed by atoms with van der Waals surface area (Å²) in [5.74, 6) is 1.78. The molecule has 56 heavy (non-hydrogen) atoms. The van der Waals surface area contributed by atoms with E-state index in [1.165, 1.54) is 0 Å². The van der Waals surface area contributed by atoms with Crippen LogP contribution in [0.4, 0.5) is 0 Å². The highest BCUT2D eigenvalue weighted by Gasteiger charge is 2.18. The Hall–Kier alpha value is -7.63. The third-order valence-corrected chi connectivity index (χ3v) is 10.2. The van der Waals surface area contributed by atoms with Gasteiger partial charge in [0.15, 0.2) is 17.5 Å². The monoisotopic (exact) mass is 715 g/mol. The zero-order chi connectivity index (χ0) is 37.3. The molecule has 5 nitrogen and oxygen atoms in total. The zero-order valence-electron chi connectivity index (χ0n) is 30.3. The molecule has 0 aliphatic heterocycles. The molecule has 0 atom stereocenters. The van der Waals surface area contributed by atoms with Gasteiger partial charge in [0.2, 0.25) is 0 Å². The quantitative estimate of drug-likeness (QED) is 0.164. The first-order valence-corrected chi connectivity index (χ1v) is 18.7. The molecule has 0 radical (unpaired) electrons. The summed E-state index contributed by atoms with van der Waals surface area (Å²) in [6.45, 7) is 0. The van der Waals surface area contributed by atoms with Crippen molar-refractivity contribution < 1.29 is 0 Å². The van der Waals surface area contributed by atoms with Crippen molar-refractivity contribution in [3.8, 4) is 78.9 Å². The van der Waals surface area contributed by atoms with E-state index < -0.39 is 0 Å². The Morgan fingerprint density at radius 2 is 0.679 bits per heavy atom. The van der Waals surface area contributed by atoms with Crippen LogP contribution < -0.4 is 0 Å². The number of rotatable bonds is 7. The van der Waals surface area contributed by atoms with Crippen molar-refractivity contribution in [3.05, 3.63) is 200 Å². The van der Waals surface area contributed by atoms with Gasteiger partial charge in [-0.15, -0.1) is 0 Å². The minimum Gasteiger partial charge on any atom is -0.256 e. The smallest absolute Gasteiger partial charge is 0.164 e. The van der Waals surface area contributed by atoms with Gasteiger partial charge in [-0.2, -0.15) is 0 Å². The minimum atomic E-state index is 0.566. The summed E-state index contributed by atoms with van der Waals surface area (Å²) in [7, 11) is 0. The summed E-state index contributed by atoms with van der Waals surface area (Å²) in [4.78, 5) is 25.6. The number of aromatic nitrogens is 5. The molecule has 10 rings (SSSR count). The van der Waals surface area contributed by atoms with Crippen LogP contribution in [0.25, 0.3) is 100 Å². The van der Waals surface area contributed by atoms with E-state index in [0.717, 1.165) is 83.0 Å². The predicted molar refractivity (Wildman–Crippen MR) is 228 cm³/mol. The maximum Gasteiger partial charge on any atom is 0.164 e. The van der Waals surface area contributed by atoms with E-state index in [9.17, 15) is 0 Å². The zero-order valence-corrected chi connectivity index (χ0v) is 30.3. The summed E-state index contributed by atoms with van der Waals surface area (Å²) in [6.07, 6.45) is 3.87. The molecule has 7 aromatic carbocycles. The number of hydrogen-bond acceptors (Lipinski definition) is 5. The number of hydrogen-bond donors (Lipinski definition) is 0. The van der Waals surface area contributed by atoms with Crippen LogP contribution in [0.1, 0.15) is 0 Å². The van der Waals surface area contributed by atoms with Gasteiger partial charge in [-0.05, 0) is 63.0 Å². The molecule has 0 saturated heterocycles. The molecular weight excluding hydrogens is 683 g/mol. The standard InChI is InChI=1S/C51H33N5/c1-3-13-34(14-4-1)38-25-27-47(52-32-38)40-29-41(48-28-26-39(33-53-48)35-15-5-2-6-16-35)31-42(30-40)49-54-50(45-23-11-19-36-17-7-9-21-43(36)45)56-51(55-49)46-24-12-20-37-18-8-10-22-44(37)46/h1-33H. The van der Waals surface area contributed by atoms with Gasteiger partial charge >= 0.3 is 0 Å². The fourth-order valence-corrected chi connectivity index (χ4v) is 7.37. The van der Waals surface area contributed by atoms with Crippen LogP contribution >= 0.6 is 0 Å². The normalized spacial score (nSPS) is 11.2. The molecule has 10 aromatic rings. The van der Waals surface area contributed by atoms with Crippen molar-refractivity contribution in [1.82, 2.24) is 24.9 Å². The van der Waals surface area contributed by atoms with E-state index in [1.807, 2.05) is 48.8 Å². The van der Waals surface area contributed by atoms with Gasteiger partial charge in [0, 0.05) is 51.3 Å². The molecular formula is C51H33N5. The average molecular weight is 716 g/mol. The lowest BCUT2D eigenvalue weighted by Crippen LogP contribution is -2.01. The van der Waals surface area contributed by atoms with E-state index in [1.54, 1.807) is 0 Å². The van der Waals surface area contributed by atoms with Gasteiger partial charge in [0.25, 0.3) is 0 Å². The average Bonchev–Trinajstić information content (AvgIpc) is 3.29. The molecule has 262 valence electrons. The first-order chi connectivity index (χ1) is 27.7. The van der Waals surface area contributed by atoms with E-state index in [-0.39, 0.29) is 0 Å².